The molecule has 0 radical (unpaired) electrons. The number of nitrogens with zero attached hydrogens (tertiary/aromatic N) is 2. The van der Waals surface area contributed by atoms with Crippen LogP contribution < -0.4 is 10.6 Å². The first-order valence-corrected chi connectivity index (χ1v) is 7.43. The number of carbonyl (C=O) groups is 2. The van der Waals surface area contributed by atoms with Gasteiger partial charge in [-0.05, 0) is 30.7 Å². The first-order valence-electron chi connectivity index (χ1n) is 7.43. The zero-order valence-corrected chi connectivity index (χ0v) is 12.7. The van der Waals surface area contributed by atoms with Gasteiger partial charge in [0.25, 0.3) is 0 Å². The van der Waals surface area contributed by atoms with Gasteiger partial charge in [-0.15, -0.1) is 0 Å². The van der Waals surface area contributed by atoms with Crippen LogP contribution in [0.25, 0.3) is 0 Å². The van der Waals surface area contributed by atoms with E-state index < -0.39 is 5.82 Å². The molecule has 0 aliphatic carbocycles. The Labute approximate surface area is 133 Å². The highest BCUT2D eigenvalue weighted by atomic mass is 19.1. The molecule has 6 nitrogen and oxygen atoms in total. The number of carbonyl (C=O) groups excluding carboxylic acids is 2. The highest BCUT2D eigenvalue weighted by Crippen LogP contribution is 2.09. The SMILES string of the molecule is O=C(CCC(=O)Nc1cccc(F)c1)NCCCn1cccn1. The summed E-state index contributed by atoms with van der Waals surface area (Å²) in [5.74, 6) is -0.917. The molecule has 2 N–H and O–H groups in total. The molecule has 0 fully saturated rings. The van der Waals surface area contributed by atoms with E-state index in [0.717, 1.165) is 13.0 Å². The van der Waals surface area contributed by atoms with Crippen LogP contribution in [0.1, 0.15) is 19.3 Å². The Morgan fingerprint density at radius 2 is 2.00 bits per heavy atom. The summed E-state index contributed by atoms with van der Waals surface area (Å²) in [5.41, 5.74) is 0.384. The van der Waals surface area contributed by atoms with Crippen molar-refractivity contribution in [2.24, 2.45) is 0 Å². The Balaban J connectivity index is 1.59. The Morgan fingerprint density at radius 3 is 2.74 bits per heavy atom. The predicted molar refractivity (Wildman–Crippen MR) is 84.1 cm³/mol. The summed E-state index contributed by atoms with van der Waals surface area (Å²) in [5, 5.41) is 9.37. The number of halogens is 1. The maximum absolute atomic E-state index is 13.0. The van der Waals surface area contributed by atoms with Crippen LogP contribution >= 0.6 is 0 Å². The van der Waals surface area contributed by atoms with Gasteiger partial charge in [0.2, 0.25) is 11.8 Å². The van der Waals surface area contributed by atoms with E-state index in [2.05, 4.69) is 15.7 Å². The molecule has 1 aromatic heterocycles. The Hall–Kier alpha value is -2.70. The Kier molecular flexibility index (Phi) is 6.28. The van der Waals surface area contributed by atoms with Crippen molar-refractivity contribution >= 4 is 17.5 Å². The Bertz CT molecular complexity index is 643. The normalized spacial score (nSPS) is 10.3. The second kappa shape index (κ2) is 8.67. The minimum absolute atomic E-state index is 0.0570. The van der Waals surface area contributed by atoms with Crippen molar-refractivity contribution in [1.29, 1.82) is 0 Å². The number of benzene rings is 1. The van der Waals surface area contributed by atoms with Crippen LogP contribution in [0.3, 0.4) is 0 Å². The van der Waals surface area contributed by atoms with E-state index in [9.17, 15) is 14.0 Å². The van der Waals surface area contributed by atoms with Crippen LogP contribution in [-0.2, 0) is 16.1 Å². The average Bonchev–Trinajstić information content (AvgIpc) is 3.03. The topological polar surface area (TPSA) is 76.0 Å². The molecule has 0 aliphatic heterocycles. The van der Waals surface area contributed by atoms with Gasteiger partial charge in [-0.25, -0.2) is 4.39 Å². The summed E-state index contributed by atoms with van der Waals surface area (Å²) in [7, 11) is 0. The molecule has 2 amide bonds. The highest BCUT2D eigenvalue weighted by Gasteiger charge is 2.07. The summed E-state index contributed by atoms with van der Waals surface area (Å²) in [6.07, 6.45) is 4.49. The van der Waals surface area contributed by atoms with Crippen molar-refractivity contribution in [2.45, 2.75) is 25.8 Å². The summed E-state index contributed by atoms with van der Waals surface area (Å²) >= 11 is 0. The fraction of sp³-hybridized carbons (Fsp3) is 0.312. The second-order valence-electron chi connectivity index (χ2n) is 5.03. The van der Waals surface area contributed by atoms with E-state index in [1.807, 2.05) is 12.3 Å². The first kappa shape index (κ1) is 16.7. The lowest BCUT2D eigenvalue weighted by Gasteiger charge is -2.07. The van der Waals surface area contributed by atoms with Crippen LogP contribution in [0, 0.1) is 5.82 Å². The molecule has 23 heavy (non-hydrogen) atoms. The molecule has 0 unspecified atom stereocenters. The molecule has 0 atom stereocenters. The molecule has 122 valence electrons. The fourth-order valence-corrected chi connectivity index (χ4v) is 2.01. The molecule has 0 saturated heterocycles. The first-order chi connectivity index (χ1) is 11.1. The molecule has 1 heterocycles. The molecule has 2 aromatic rings. The molecule has 7 heteroatoms. The van der Waals surface area contributed by atoms with E-state index in [1.165, 1.54) is 18.2 Å². The van der Waals surface area contributed by atoms with Crippen LogP contribution in [0.4, 0.5) is 10.1 Å². The zero-order chi connectivity index (χ0) is 16.5. The molecule has 1 aromatic carbocycles. The van der Waals surface area contributed by atoms with E-state index >= 15 is 0 Å². The van der Waals surface area contributed by atoms with Crippen LogP contribution in [-0.4, -0.2) is 28.1 Å². The highest BCUT2D eigenvalue weighted by molar-refractivity contribution is 5.93. The third kappa shape index (κ3) is 6.29. The number of anilines is 1. The number of aryl methyl sites for hydroxylation is 1. The van der Waals surface area contributed by atoms with Gasteiger partial charge < -0.3 is 10.6 Å². The third-order valence-electron chi connectivity index (χ3n) is 3.13. The smallest absolute Gasteiger partial charge is 0.224 e. The van der Waals surface area contributed by atoms with Gasteiger partial charge in [0, 0.05) is 44.0 Å². The number of hydrogen-bond acceptors (Lipinski definition) is 3. The molecule has 0 saturated carbocycles. The lowest BCUT2D eigenvalue weighted by atomic mass is 10.2. The van der Waals surface area contributed by atoms with E-state index in [4.69, 9.17) is 0 Å². The molecule has 0 bridgehead atoms. The van der Waals surface area contributed by atoms with E-state index in [0.29, 0.717) is 12.2 Å². The quantitative estimate of drug-likeness (QED) is 0.730. The monoisotopic (exact) mass is 318 g/mol. The molecule has 0 aliphatic rings. The summed E-state index contributed by atoms with van der Waals surface area (Å²) in [6.45, 7) is 1.26. The van der Waals surface area contributed by atoms with Crippen LogP contribution in [0.5, 0.6) is 0 Å². The van der Waals surface area contributed by atoms with Crippen molar-refractivity contribution in [1.82, 2.24) is 15.1 Å². The zero-order valence-electron chi connectivity index (χ0n) is 12.7. The van der Waals surface area contributed by atoms with Gasteiger partial charge in [0.15, 0.2) is 0 Å². The average molecular weight is 318 g/mol. The number of nitrogens with one attached hydrogen (secondary N) is 2. The molecule has 2 rings (SSSR count). The molecular weight excluding hydrogens is 299 g/mol. The number of hydrogen-bond donors (Lipinski definition) is 2. The minimum Gasteiger partial charge on any atom is -0.356 e. The second-order valence-corrected chi connectivity index (χ2v) is 5.03. The van der Waals surface area contributed by atoms with Gasteiger partial charge in [-0.2, -0.15) is 5.10 Å². The fourth-order valence-electron chi connectivity index (χ4n) is 2.01. The Morgan fingerprint density at radius 1 is 1.17 bits per heavy atom. The van der Waals surface area contributed by atoms with Gasteiger partial charge in [0.05, 0.1) is 0 Å². The third-order valence-corrected chi connectivity index (χ3v) is 3.13. The summed E-state index contributed by atoms with van der Waals surface area (Å²) in [6, 6.07) is 7.48. The van der Waals surface area contributed by atoms with Crippen LogP contribution in [0.2, 0.25) is 0 Å². The summed E-state index contributed by atoms with van der Waals surface area (Å²) in [4.78, 5) is 23.3. The maximum atomic E-state index is 13.0. The van der Waals surface area contributed by atoms with Crippen molar-refractivity contribution in [2.75, 3.05) is 11.9 Å². The van der Waals surface area contributed by atoms with Gasteiger partial charge in [0.1, 0.15) is 5.82 Å². The van der Waals surface area contributed by atoms with Gasteiger partial charge >= 0.3 is 0 Å². The van der Waals surface area contributed by atoms with Crippen molar-refractivity contribution in [3.8, 4) is 0 Å². The van der Waals surface area contributed by atoms with Gasteiger partial charge in [-0.1, -0.05) is 6.07 Å². The van der Waals surface area contributed by atoms with Gasteiger partial charge in [-0.3, -0.25) is 14.3 Å². The number of rotatable bonds is 8. The number of aromatic nitrogens is 2. The lowest BCUT2D eigenvalue weighted by Crippen LogP contribution is -2.26. The largest absolute Gasteiger partial charge is 0.356 e. The predicted octanol–water partition coefficient (Wildman–Crippen LogP) is 1.95. The van der Waals surface area contributed by atoms with Crippen LogP contribution in [0.15, 0.2) is 42.7 Å². The molecular formula is C16H19FN4O2. The standard InChI is InChI=1S/C16H19FN4O2/c17-13-4-1-5-14(12-13)20-16(23)7-6-15(22)18-8-2-10-21-11-3-9-19-21/h1,3-5,9,11-12H,2,6-8,10H2,(H,18,22)(H,20,23). The van der Waals surface area contributed by atoms with Crippen molar-refractivity contribution in [3.05, 3.63) is 48.5 Å². The molecule has 0 spiro atoms. The van der Waals surface area contributed by atoms with E-state index in [-0.39, 0.29) is 24.7 Å². The minimum atomic E-state index is -0.419. The van der Waals surface area contributed by atoms with Crippen molar-refractivity contribution in [3.63, 3.8) is 0 Å². The number of amides is 2. The van der Waals surface area contributed by atoms with Crippen molar-refractivity contribution < 1.29 is 14.0 Å². The van der Waals surface area contributed by atoms with E-state index in [1.54, 1.807) is 16.9 Å². The lowest BCUT2D eigenvalue weighted by molar-refractivity contribution is -0.124. The maximum Gasteiger partial charge on any atom is 0.224 e. The summed E-state index contributed by atoms with van der Waals surface area (Å²) < 4.78 is 14.8.